The summed E-state index contributed by atoms with van der Waals surface area (Å²) >= 11 is 0. The van der Waals surface area contributed by atoms with Gasteiger partial charge in [-0.1, -0.05) is 17.7 Å². The lowest BCUT2D eigenvalue weighted by Crippen LogP contribution is -2.41. The van der Waals surface area contributed by atoms with Crippen molar-refractivity contribution >= 4 is 32.8 Å². The summed E-state index contributed by atoms with van der Waals surface area (Å²) in [6.45, 7) is 1.79. The topological polar surface area (TPSA) is 126 Å². The number of anilines is 1. The molecule has 1 amide bonds. The fourth-order valence-corrected chi connectivity index (χ4v) is 6.23. The van der Waals surface area contributed by atoms with Crippen molar-refractivity contribution in [3.8, 4) is 11.4 Å². The SMILES string of the molecule is Cc1ccc(S(=O)(=O)n2cc(-c3ncc(F)c(N[C@H]4CCC[C@@H](NC(=O)O)C4)n3)c3cc(F)cc(F)c32)cc1. The van der Waals surface area contributed by atoms with Crippen molar-refractivity contribution in [2.24, 2.45) is 0 Å². The Morgan fingerprint density at radius 2 is 1.79 bits per heavy atom. The monoisotopic (exact) mass is 559 g/mol. The zero-order chi connectivity index (χ0) is 27.9. The third-order valence-corrected chi connectivity index (χ3v) is 8.36. The maximum absolute atomic E-state index is 15.0. The predicted molar refractivity (Wildman–Crippen MR) is 137 cm³/mol. The molecule has 0 bridgehead atoms. The molecule has 0 unspecified atom stereocenters. The summed E-state index contributed by atoms with van der Waals surface area (Å²) in [7, 11) is -4.31. The third kappa shape index (κ3) is 5.26. The molecule has 0 saturated heterocycles. The predicted octanol–water partition coefficient (Wildman–Crippen LogP) is 5.05. The Morgan fingerprint density at radius 3 is 2.51 bits per heavy atom. The molecule has 1 aliphatic rings. The molecule has 1 saturated carbocycles. The summed E-state index contributed by atoms with van der Waals surface area (Å²) in [4.78, 5) is 19.1. The number of amides is 1. The Kier molecular flexibility index (Phi) is 6.93. The van der Waals surface area contributed by atoms with Gasteiger partial charge in [0.2, 0.25) is 0 Å². The highest BCUT2D eigenvalue weighted by Gasteiger charge is 2.27. The van der Waals surface area contributed by atoms with Gasteiger partial charge in [-0.2, -0.15) is 0 Å². The summed E-state index contributed by atoms with van der Waals surface area (Å²) in [5.41, 5.74) is 0.406. The molecule has 2 atom stereocenters. The molecule has 2 aromatic carbocycles. The van der Waals surface area contributed by atoms with Crippen LogP contribution >= 0.6 is 0 Å². The number of hydrogen-bond acceptors (Lipinski definition) is 6. The van der Waals surface area contributed by atoms with Gasteiger partial charge in [-0.25, -0.2) is 40.3 Å². The molecule has 1 fully saturated rings. The van der Waals surface area contributed by atoms with Crippen molar-refractivity contribution in [3.05, 3.63) is 71.8 Å². The second-order valence-corrected chi connectivity index (χ2v) is 11.3. The molecule has 1 aliphatic carbocycles. The second-order valence-electron chi connectivity index (χ2n) is 9.48. The van der Waals surface area contributed by atoms with Crippen LogP contribution in [0.3, 0.4) is 0 Å². The number of fused-ring (bicyclic) bond motifs is 1. The van der Waals surface area contributed by atoms with Gasteiger partial charge in [-0.3, -0.25) is 0 Å². The van der Waals surface area contributed by atoms with Crippen LogP contribution in [-0.2, 0) is 10.0 Å². The van der Waals surface area contributed by atoms with E-state index in [0.29, 0.717) is 35.7 Å². The highest BCUT2D eigenvalue weighted by molar-refractivity contribution is 7.90. The molecule has 5 rings (SSSR count). The van der Waals surface area contributed by atoms with Crippen LogP contribution in [0.5, 0.6) is 0 Å². The summed E-state index contributed by atoms with van der Waals surface area (Å²) < 4.78 is 71.7. The number of aryl methyl sites for hydroxylation is 1. The molecule has 204 valence electrons. The molecule has 3 N–H and O–H groups in total. The van der Waals surface area contributed by atoms with Crippen molar-refractivity contribution in [2.45, 2.75) is 49.6 Å². The van der Waals surface area contributed by atoms with Gasteiger partial charge in [0.1, 0.15) is 11.3 Å². The van der Waals surface area contributed by atoms with E-state index in [4.69, 9.17) is 5.11 Å². The van der Waals surface area contributed by atoms with Gasteiger partial charge in [-0.15, -0.1) is 0 Å². The first kappa shape index (κ1) is 26.5. The van der Waals surface area contributed by atoms with E-state index in [-0.39, 0.29) is 39.6 Å². The number of nitrogens with one attached hydrogen (secondary N) is 2. The smallest absolute Gasteiger partial charge is 0.404 e. The number of halogens is 3. The van der Waals surface area contributed by atoms with Gasteiger partial charge in [0.15, 0.2) is 23.3 Å². The summed E-state index contributed by atoms with van der Waals surface area (Å²) in [6, 6.07) is 6.89. The number of rotatable bonds is 6. The molecule has 13 heteroatoms. The van der Waals surface area contributed by atoms with Crippen molar-refractivity contribution < 1.29 is 31.5 Å². The van der Waals surface area contributed by atoms with Crippen LogP contribution in [0.15, 0.2) is 53.7 Å². The summed E-state index contributed by atoms with van der Waals surface area (Å²) in [6.07, 6.45) is 3.21. The van der Waals surface area contributed by atoms with Gasteiger partial charge in [-0.05, 0) is 50.8 Å². The molecule has 0 aliphatic heterocycles. The number of nitrogens with zero attached hydrogens (tertiary/aromatic N) is 3. The quantitative estimate of drug-likeness (QED) is 0.302. The Hall–Kier alpha value is -4.13. The minimum Gasteiger partial charge on any atom is -0.465 e. The Morgan fingerprint density at radius 1 is 1.08 bits per heavy atom. The summed E-state index contributed by atoms with van der Waals surface area (Å²) in [5, 5.41) is 14.3. The molecule has 39 heavy (non-hydrogen) atoms. The number of benzene rings is 2. The van der Waals surface area contributed by atoms with E-state index >= 15 is 4.39 Å². The first-order chi connectivity index (χ1) is 18.5. The van der Waals surface area contributed by atoms with Crippen LogP contribution in [-0.4, -0.2) is 45.6 Å². The average molecular weight is 560 g/mol. The lowest BCUT2D eigenvalue weighted by atomic mass is 9.91. The molecule has 4 aromatic rings. The second kappa shape index (κ2) is 10.2. The van der Waals surface area contributed by atoms with Crippen molar-refractivity contribution in [1.82, 2.24) is 19.3 Å². The number of hydrogen-bond donors (Lipinski definition) is 3. The van der Waals surface area contributed by atoms with E-state index in [2.05, 4.69) is 20.6 Å². The molecular weight excluding hydrogens is 535 g/mol. The van der Waals surface area contributed by atoms with E-state index in [9.17, 15) is 22.0 Å². The van der Waals surface area contributed by atoms with E-state index in [1.165, 1.54) is 12.1 Å². The standard InChI is InChI=1S/C26H24F3N5O4S/c1-14-5-7-18(8-6-14)39(37,38)34-13-20(19-9-15(27)10-21(28)23(19)34)24-30-12-22(29)25(33-24)31-16-3-2-4-17(11-16)32-26(35)36/h5-10,12-13,16-17,32H,2-4,11H2,1H3,(H,35,36)(H,30,31,33)/t16-,17+/m0/s1. The van der Waals surface area contributed by atoms with Gasteiger partial charge in [0.25, 0.3) is 10.0 Å². The maximum atomic E-state index is 15.0. The zero-order valence-electron chi connectivity index (χ0n) is 20.7. The third-order valence-electron chi connectivity index (χ3n) is 6.69. The molecule has 0 radical (unpaired) electrons. The van der Waals surface area contributed by atoms with Crippen molar-refractivity contribution in [1.29, 1.82) is 0 Å². The highest BCUT2D eigenvalue weighted by atomic mass is 32.2. The number of carbonyl (C=O) groups is 1. The fraction of sp³-hybridized carbons (Fsp3) is 0.269. The van der Waals surface area contributed by atoms with Crippen LogP contribution in [0, 0.1) is 24.4 Å². The molecule has 0 spiro atoms. The number of carboxylic acid groups (broad SMARTS) is 1. The van der Waals surface area contributed by atoms with Crippen LogP contribution in [0.25, 0.3) is 22.3 Å². The van der Waals surface area contributed by atoms with Crippen LogP contribution in [0.2, 0.25) is 0 Å². The zero-order valence-corrected chi connectivity index (χ0v) is 21.5. The van der Waals surface area contributed by atoms with E-state index in [1.54, 1.807) is 19.1 Å². The molecule has 2 heterocycles. The maximum Gasteiger partial charge on any atom is 0.404 e. The van der Waals surface area contributed by atoms with Crippen molar-refractivity contribution in [2.75, 3.05) is 5.32 Å². The van der Waals surface area contributed by atoms with Gasteiger partial charge in [0, 0.05) is 35.3 Å². The minimum absolute atomic E-state index is 0.0174. The Labute approximate surface area is 221 Å². The fourth-order valence-electron chi connectivity index (χ4n) is 4.86. The normalized spacial score (nSPS) is 17.7. The molecular formula is C26H24F3N5O4S. The largest absolute Gasteiger partial charge is 0.465 e. The van der Waals surface area contributed by atoms with Gasteiger partial charge in [0.05, 0.1) is 11.1 Å². The molecule has 9 nitrogen and oxygen atoms in total. The van der Waals surface area contributed by atoms with E-state index < -0.39 is 39.1 Å². The molecule has 2 aromatic heterocycles. The highest BCUT2D eigenvalue weighted by Crippen LogP contribution is 2.34. The first-order valence-corrected chi connectivity index (χ1v) is 13.6. The lowest BCUT2D eigenvalue weighted by molar-refractivity contribution is 0.185. The minimum atomic E-state index is -4.31. The van der Waals surface area contributed by atoms with Crippen molar-refractivity contribution in [3.63, 3.8) is 0 Å². The first-order valence-electron chi connectivity index (χ1n) is 12.1. The van der Waals surface area contributed by atoms with Gasteiger partial charge < -0.3 is 15.7 Å². The number of aromatic nitrogens is 3. The average Bonchev–Trinajstić information content (AvgIpc) is 3.26. The van der Waals surface area contributed by atoms with Crippen LogP contribution in [0.1, 0.15) is 31.2 Å². The van der Waals surface area contributed by atoms with E-state index in [1.807, 2.05) is 0 Å². The Bertz CT molecular complexity index is 1680. The Balaban J connectivity index is 1.57. The summed E-state index contributed by atoms with van der Waals surface area (Å²) in [5.74, 6) is -3.18. The van der Waals surface area contributed by atoms with Crippen LogP contribution < -0.4 is 10.6 Å². The van der Waals surface area contributed by atoms with Crippen LogP contribution in [0.4, 0.5) is 23.8 Å². The van der Waals surface area contributed by atoms with Gasteiger partial charge >= 0.3 is 6.09 Å². The van der Waals surface area contributed by atoms with E-state index in [0.717, 1.165) is 24.0 Å². The lowest BCUT2D eigenvalue weighted by Gasteiger charge is -2.30.